The molecule has 0 unspecified atom stereocenters. The van der Waals surface area contributed by atoms with Crippen LogP contribution in [0.1, 0.15) is 25.3 Å². The molecule has 110 valence electrons. The third-order valence-electron chi connectivity index (χ3n) is 3.70. The van der Waals surface area contributed by atoms with Gasteiger partial charge >= 0.3 is 0 Å². The average Bonchev–Trinajstić information content (AvgIpc) is 2.45. The summed E-state index contributed by atoms with van der Waals surface area (Å²) in [6.45, 7) is 4.52. The Labute approximate surface area is 119 Å². The van der Waals surface area contributed by atoms with Crippen LogP contribution < -0.4 is 10.5 Å². The number of hydrogen-bond donors (Lipinski definition) is 1. The van der Waals surface area contributed by atoms with Gasteiger partial charge in [-0.1, -0.05) is 6.92 Å². The van der Waals surface area contributed by atoms with E-state index in [0.29, 0.717) is 18.3 Å². The van der Waals surface area contributed by atoms with Crippen molar-refractivity contribution in [3.05, 3.63) is 29.6 Å². The van der Waals surface area contributed by atoms with E-state index in [1.54, 1.807) is 6.07 Å². The number of aliphatic imine (C=N–C) groups is 1. The molecule has 0 saturated carbocycles. The number of nitrogens with two attached hydrogens (primary N) is 1. The molecule has 0 spiro atoms. The quantitative estimate of drug-likeness (QED) is 0.682. The van der Waals surface area contributed by atoms with Gasteiger partial charge in [-0.25, -0.2) is 9.38 Å². The van der Waals surface area contributed by atoms with Gasteiger partial charge in [0, 0.05) is 19.2 Å². The van der Waals surface area contributed by atoms with E-state index in [9.17, 15) is 4.39 Å². The molecular weight excluding hydrogens is 257 g/mol. The van der Waals surface area contributed by atoms with Crippen LogP contribution in [0, 0.1) is 11.7 Å². The molecule has 0 amide bonds. The van der Waals surface area contributed by atoms with Crippen molar-refractivity contribution in [2.75, 3.05) is 20.2 Å². The molecule has 1 aliphatic heterocycles. The van der Waals surface area contributed by atoms with Crippen molar-refractivity contribution >= 4 is 5.96 Å². The van der Waals surface area contributed by atoms with Crippen LogP contribution in [-0.4, -0.2) is 31.1 Å². The first-order valence-corrected chi connectivity index (χ1v) is 6.97. The fourth-order valence-corrected chi connectivity index (χ4v) is 2.34. The molecule has 5 heteroatoms. The number of methoxy groups -OCH3 is 1. The molecule has 0 radical (unpaired) electrons. The second kappa shape index (κ2) is 6.59. The molecule has 2 rings (SSSR count). The third kappa shape index (κ3) is 3.85. The molecule has 1 aromatic carbocycles. The standard InChI is InChI=1S/C15H22FN3O/c1-11-3-5-19(6-4-11)15(17)18-10-12-7-13(16)9-14(8-12)20-2/h7-9,11H,3-6,10H2,1-2H3,(H2,17,18). The molecule has 2 N–H and O–H groups in total. The second-order valence-electron chi connectivity index (χ2n) is 5.34. The Kier molecular flexibility index (Phi) is 4.82. The van der Waals surface area contributed by atoms with Gasteiger partial charge in [0.05, 0.1) is 13.7 Å². The van der Waals surface area contributed by atoms with E-state index in [1.807, 2.05) is 0 Å². The summed E-state index contributed by atoms with van der Waals surface area (Å²) in [5, 5.41) is 0. The smallest absolute Gasteiger partial charge is 0.191 e. The number of nitrogens with zero attached hydrogens (tertiary/aromatic N) is 2. The Morgan fingerprint density at radius 2 is 2.10 bits per heavy atom. The van der Waals surface area contributed by atoms with Gasteiger partial charge in [-0.2, -0.15) is 0 Å². The van der Waals surface area contributed by atoms with E-state index in [-0.39, 0.29) is 5.82 Å². The Morgan fingerprint density at radius 1 is 1.40 bits per heavy atom. The van der Waals surface area contributed by atoms with Gasteiger partial charge in [0.15, 0.2) is 5.96 Å². The zero-order valence-electron chi connectivity index (χ0n) is 12.1. The van der Waals surface area contributed by atoms with Crippen molar-refractivity contribution in [1.29, 1.82) is 0 Å². The fraction of sp³-hybridized carbons (Fsp3) is 0.533. The van der Waals surface area contributed by atoms with Crippen LogP contribution in [0.25, 0.3) is 0 Å². The Balaban J connectivity index is 1.99. The molecule has 0 atom stereocenters. The first kappa shape index (κ1) is 14.6. The first-order valence-electron chi connectivity index (χ1n) is 6.97. The second-order valence-corrected chi connectivity index (χ2v) is 5.34. The van der Waals surface area contributed by atoms with E-state index in [2.05, 4.69) is 16.8 Å². The minimum Gasteiger partial charge on any atom is -0.497 e. The number of piperidine rings is 1. The zero-order chi connectivity index (χ0) is 14.5. The summed E-state index contributed by atoms with van der Waals surface area (Å²) in [6.07, 6.45) is 2.29. The lowest BCUT2D eigenvalue weighted by atomic mass is 10.00. The highest BCUT2D eigenvalue weighted by Crippen LogP contribution is 2.18. The van der Waals surface area contributed by atoms with Crippen LogP contribution in [0.15, 0.2) is 23.2 Å². The lowest BCUT2D eigenvalue weighted by Gasteiger charge is -2.31. The van der Waals surface area contributed by atoms with Crippen LogP contribution in [0.2, 0.25) is 0 Å². The number of likely N-dealkylation sites (tertiary alicyclic amines) is 1. The van der Waals surface area contributed by atoms with Gasteiger partial charge in [-0.05, 0) is 36.5 Å². The van der Waals surface area contributed by atoms with Gasteiger partial charge in [0.1, 0.15) is 11.6 Å². The minimum absolute atomic E-state index is 0.320. The van der Waals surface area contributed by atoms with Crippen LogP contribution >= 0.6 is 0 Å². The fourth-order valence-electron chi connectivity index (χ4n) is 2.34. The summed E-state index contributed by atoms with van der Waals surface area (Å²) in [7, 11) is 1.52. The molecule has 0 bridgehead atoms. The predicted octanol–water partition coefficient (Wildman–Crippen LogP) is 2.38. The molecule has 1 saturated heterocycles. The molecular formula is C15H22FN3O. The van der Waals surface area contributed by atoms with Crippen LogP contribution in [0.4, 0.5) is 4.39 Å². The summed E-state index contributed by atoms with van der Waals surface area (Å²) < 4.78 is 18.4. The summed E-state index contributed by atoms with van der Waals surface area (Å²) in [5.74, 6) is 1.48. The van der Waals surface area contributed by atoms with Crippen molar-refractivity contribution in [3.8, 4) is 5.75 Å². The van der Waals surface area contributed by atoms with E-state index in [0.717, 1.165) is 37.4 Å². The molecule has 1 aromatic rings. The Bertz CT molecular complexity index is 482. The maximum Gasteiger partial charge on any atom is 0.191 e. The molecule has 1 aliphatic rings. The van der Waals surface area contributed by atoms with E-state index in [4.69, 9.17) is 10.5 Å². The van der Waals surface area contributed by atoms with Gasteiger partial charge in [0.25, 0.3) is 0 Å². The van der Waals surface area contributed by atoms with Crippen molar-refractivity contribution in [1.82, 2.24) is 4.90 Å². The zero-order valence-corrected chi connectivity index (χ0v) is 12.1. The maximum atomic E-state index is 13.4. The van der Waals surface area contributed by atoms with Crippen LogP contribution in [0.5, 0.6) is 5.75 Å². The average molecular weight is 279 g/mol. The summed E-state index contributed by atoms with van der Waals surface area (Å²) in [5.41, 5.74) is 6.76. The van der Waals surface area contributed by atoms with Crippen molar-refractivity contribution in [2.45, 2.75) is 26.3 Å². The predicted molar refractivity (Wildman–Crippen MR) is 78.2 cm³/mol. The topological polar surface area (TPSA) is 50.9 Å². The highest BCUT2D eigenvalue weighted by molar-refractivity contribution is 5.78. The van der Waals surface area contributed by atoms with Gasteiger partial charge in [-0.3, -0.25) is 0 Å². The summed E-state index contributed by atoms with van der Waals surface area (Å²) in [6, 6.07) is 4.58. The number of hydrogen-bond acceptors (Lipinski definition) is 2. The number of rotatable bonds is 3. The number of benzene rings is 1. The highest BCUT2D eigenvalue weighted by Gasteiger charge is 2.16. The van der Waals surface area contributed by atoms with E-state index >= 15 is 0 Å². The number of guanidine groups is 1. The van der Waals surface area contributed by atoms with Crippen molar-refractivity contribution in [3.63, 3.8) is 0 Å². The lowest BCUT2D eigenvalue weighted by Crippen LogP contribution is -2.42. The molecule has 0 aromatic heterocycles. The molecule has 1 fully saturated rings. The van der Waals surface area contributed by atoms with Gasteiger partial charge < -0.3 is 15.4 Å². The van der Waals surface area contributed by atoms with Crippen molar-refractivity contribution < 1.29 is 9.13 Å². The van der Waals surface area contributed by atoms with Crippen LogP contribution in [0.3, 0.4) is 0 Å². The van der Waals surface area contributed by atoms with Crippen LogP contribution in [-0.2, 0) is 6.54 Å². The Hall–Kier alpha value is -1.78. The SMILES string of the molecule is COc1cc(F)cc(CN=C(N)N2CCC(C)CC2)c1. The van der Waals surface area contributed by atoms with E-state index < -0.39 is 0 Å². The number of ether oxygens (including phenoxy) is 1. The lowest BCUT2D eigenvalue weighted by molar-refractivity contribution is 0.277. The summed E-state index contributed by atoms with van der Waals surface area (Å²) in [4.78, 5) is 6.45. The van der Waals surface area contributed by atoms with Gasteiger partial charge in [-0.15, -0.1) is 0 Å². The van der Waals surface area contributed by atoms with E-state index in [1.165, 1.54) is 19.2 Å². The summed E-state index contributed by atoms with van der Waals surface area (Å²) >= 11 is 0. The number of halogens is 1. The highest BCUT2D eigenvalue weighted by atomic mass is 19.1. The minimum atomic E-state index is -0.320. The molecule has 0 aliphatic carbocycles. The molecule has 1 heterocycles. The molecule has 20 heavy (non-hydrogen) atoms. The van der Waals surface area contributed by atoms with Gasteiger partial charge in [0.2, 0.25) is 0 Å². The largest absolute Gasteiger partial charge is 0.497 e. The monoisotopic (exact) mass is 279 g/mol. The first-order chi connectivity index (χ1) is 9.58. The Morgan fingerprint density at radius 3 is 2.75 bits per heavy atom. The van der Waals surface area contributed by atoms with Crippen molar-refractivity contribution in [2.24, 2.45) is 16.6 Å². The third-order valence-corrected chi connectivity index (χ3v) is 3.70. The normalized spacial score (nSPS) is 17.4. The maximum absolute atomic E-state index is 13.4. The molecule has 4 nitrogen and oxygen atoms in total.